The highest BCUT2D eigenvalue weighted by molar-refractivity contribution is 9.10. The predicted molar refractivity (Wildman–Crippen MR) is 98.3 cm³/mol. The lowest BCUT2D eigenvalue weighted by Crippen LogP contribution is -2.42. The Morgan fingerprint density at radius 1 is 1.16 bits per heavy atom. The zero-order valence-corrected chi connectivity index (χ0v) is 15.0. The summed E-state index contributed by atoms with van der Waals surface area (Å²) < 4.78 is 5.78. The molecule has 128 valence electrons. The van der Waals surface area contributed by atoms with Crippen molar-refractivity contribution in [3.8, 4) is 5.75 Å². The molecular formula is C18H16BrN3O3. The number of ether oxygens (including phenoxy) is 1. The van der Waals surface area contributed by atoms with Crippen LogP contribution in [0.25, 0.3) is 10.9 Å². The summed E-state index contributed by atoms with van der Waals surface area (Å²) >= 11 is 3.32. The second-order valence-electron chi connectivity index (χ2n) is 5.39. The lowest BCUT2D eigenvalue weighted by atomic mass is 10.1. The SMILES string of the molecule is COc1ccc(C(=O)NNC(=O)Cc2c[nH]c3ccccc23)cc1Br. The van der Waals surface area contributed by atoms with Crippen molar-refractivity contribution in [2.24, 2.45) is 0 Å². The average Bonchev–Trinajstić information content (AvgIpc) is 3.02. The first-order valence-electron chi connectivity index (χ1n) is 7.56. The van der Waals surface area contributed by atoms with Crippen molar-refractivity contribution in [2.75, 3.05) is 7.11 Å². The monoisotopic (exact) mass is 401 g/mol. The van der Waals surface area contributed by atoms with Crippen LogP contribution in [0.1, 0.15) is 15.9 Å². The fourth-order valence-electron chi connectivity index (χ4n) is 2.50. The van der Waals surface area contributed by atoms with Gasteiger partial charge in [-0.2, -0.15) is 0 Å². The van der Waals surface area contributed by atoms with Gasteiger partial charge in [0.15, 0.2) is 0 Å². The van der Waals surface area contributed by atoms with E-state index in [9.17, 15) is 9.59 Å². The van der Waals surface area contributed by atoms with Crippen molar-refractivity contribution in [3.63, 3.8) is 0 Å². The van der Waals surface area contributed by atoms with Crippen LogP contribution in [0.4, 0.5) is 0 Å². The number of aromatic nitrogens is 1. The van der Waals surface area contributed by atoms with Crippen LogP contribution in [-0.2, 0) is 11.2 Å². The van der Waals surface area contributed by atoms with E-state index in [0.29, 0.717) is 15.8 Å². The van der Waals surface area contributed by atoms with Crippen LogP contribution in [0.3, 0.4) is 0 Å². The van der Waals surface area contributed by atoms with Gasteiger partial charge in [0.1, 0.15) is 5.75 Å². The number of H-pyrrole nitrogens is 1. The predicted octanol–water partition coefficient (Wildman–Crippen LogP) is 2.94. The highest BCUT2D eigenvalue weighted by Crippen LogP contribution is 2.25. The first-order chi connectivity index (χ1) is 12.1. The van der Waals surface area contributed by atoms with Gasteiger partial charge in [-0.3, -0.25) is 20.4 Å². The molecule has 2 aromatic carbocycles. The van der Waals surface area contributed by atoms with Crippen LogP contribution in [0.5, 0.6) is 5.75 Å². The Hall–Kier alpha value is -2.80. The van der Waals surface area contributed by atoms with Gasteiger partial charge in [-0.1, -0.05) is 18.2 Å². The molecule has 0 spiro atoms. The summed E-state index contributed by atoms with van der Waals surface area (Å²) in [5.41, 5.74) is 7.09. The molecule has 0 aliphatic heterocycles. The fourth-order valence-corrected chi connectivity index (χ4v) is 3.04. The van der Waals surface area contributed by atoms with E-state index in [1.807, 2.05) is 24.3 Å². The minimum atomic E-state index is -0.407. The standard InChI is InChI=1S/C18H16BrN3O3/c1-25-16-7-6-11(8-14(16)19)18(24)22-21-17(23)9-12-10-20-15-5-3-2-4-13(12)15/h2-8,10,20H,9H2,1H3,(H,21,23)(H,22,24). The molecule has 3 rings (SSSR count). The van der Waals surface area contributed by atoms with Gasteiger partial charge in [0.2, 0.25) is 5.91 Å². The third-order valence-electron chi connectivity index (χ3n) is 3.76. The molecule has 0 radical (unpaired) electrons. The summed E-state index contributed by atoms with van der Waals surface area (Å²) in [6, 6.07) is 12.6. The first kappa shape index (κ1) is 17.0. The number of benzene rings is 2. The number of rotatable bonds is 4. The van der Waals surface area contributed by atoms with Crippen LogP contribution in [-0.4, -0.2) is 23.9 Å². The topological polar surface area (TPSA) is 83.2 Å². The summed E-state index contributed by atoms with van der Waals surface area (Å²) in [5.74, 6) is -0.0822. The van der Waals surface area contributed by atoms with Gasteiger partial charge in [0.05, 0.1) is 18.0 Å². The molecule has 25 heavy (non-hydrogen) atoms. The number of hydrazine groups is 1. The molecular weight excluding hydrogens is 386 g/mol. The highest BCUT2D eigenvalue weighted by Gasteiger charge is 2.12. The van der Waals surface area contributed by atoms with Crippen LogP contribution < -0.4 is 15.6 Å². The Bertz CT molecular complexity index is 936. The lowest BCUT2D eigenvalue weighted by Gasteiger charge is -2.09. The molecule has 0 fully saturated rings. The van der Waals surface area contributed by atoms with E-state index < -0.39 is 5.91 Å². The maximum Gasteiger partial charge on any atom is 0.269 e. The number of amides is 2. The number of carbonyl (C=O) groups excluding carboxylic acids is 2. The summed E-state index contributed by atoms with van der Waals surface area (Å²) in [5, 5.41) is 0.989. The highest BCUT2D eigenvalue weighted by atomic mass is 79.9. The number of halogens is 1. The average molecular weight is 402 g/mol. The fraction of sp³-hybridized carbons (Fsp3) is 0.111. The molecule has 6 nitrogen and oxygen atoms in total. The summed E-state index contributed by atoms with van der Waals surface area (Å²) in [6.45, 7) is 0. The van der Waals surface area contributed by atoms with E-state index in [2.05, 4.69) is 31.8 Å². The quantitative estimate of drug-likeness (QED) is 0.587. The van der Waals surface area contributed by atoms with E-state index in [-0.39, 0.29) is 12.3 Å². The molecule has 0 saturated heterocycles. The minimum Gasteiger partial charge on any atom is -0.496 e. The minimum absolute atomic E-state index is 0.163. The van der Waals surface area contributed by atoms with Gasteiger partial charge in [-0.25, -0.2) is 0 Å². The Balaban J connectivity index is 1.60. The Morgan fingerprint density at radius 2 is 1.96 bits per heavy atom. The number of para-hydroxylation sites is 1. The van der Waals surface area contributed by atoms with Gasteiger partial charge < -0.3 is 9.72 Å². The smallest absolute Gasteiger partial charge is 0.269 e. The maximum absolute atomic E-state index is 12.1. The number of aromatic amines is 1. The van der Waals surface area contributed by atoms with Crippen molar-refractivity contribution in [1.29, 1.82) is 0 Å². The van der Waals surface area contributed by atoms with E-state index in [0.717, 1.165) is 16.5 Å². The molecule has 0 aliphatic carbocycles. The molecule has 1 aromatic heterocycles. The van der Waals surface area contributed by atoms with Crippen molar-refractivity contribution in [1.82, 2.24) is 15.8 Å². The lowest BCUT2D eigenvalue weighted by molar-refractivity contribution is -0.121. The number of hydrogen-bond donors (Lipinski definition) is 3. The number of fused-ring (bicyclic) bond motifs is 1. The molecule has 3 N–H and O–H groups in total. The number of nitrogens with one attached hydrogen (secondary N) is 3. The van der Waals surface area contributed by atoms with Crippen molar-refractivity contribution in [2.45, 2.75) is 6.42 Å². The van der Waals surface area contributed by atoms with Gasteiger partial charge in [0, 0.05) is 22.7 Å². The Kier molecular flexibility index (Phi) is 5.04. The zero-order valence-electron chi connectivity index (χ0n) is 13.4. The van der Waals surface area contributed by atoms with Crippen LogP contribution in [0, 0.1) is 0 Å². The second-order valence-corrected chi connectivity index (χ2v) is 6.24. The van der Waals surface area contributed by atoms with E-state index in [1.54, 1.807) is 31.5 Å². The number of hydrogen-bond acceptors (Lipinski definition) is 3. The normalized spacial score (nSPS) is 10.5. The third kappa shape index (κ3) is 3.83. The third-order valence-corrected chi connectivity index (χ3v) is 4.38. The zero-order chi connectivity index (χ0) is 17.8. The summed E-state index contributed by atoms with van der Waals surface area (Å²) in [6.07, 6.45) is 1.96. The van der Waals surface area contributed by atoms with E-state index in [1.165, 1.54) is 0 Å². The van der Waals surface area contributed by atoms with Crippen LogP contribution >= 0.6 is 15.9 Å². The molecule has 0 bridgehead atoms. The van der Waals surface area contributed by atoms with Crippen LogP contribution in [0.2, 0.25) is 0 Å². The van der Waals surface area contributed by atoms with Gasteiger partial charge >= 0.3 is 0 Å². The van der Waals surface area contributed by atoms with Crippen molar-refractivity contribution >= 4 is 38.6 Å². The molecule has 0 aliphatic rings. The Labute approximate surface area is 152 Å². The van der Waals surface area contributed by atoms with Crippen molar-refractivity contribution in [3.05, 3.63) is 64.3 Å². The molecule has 3 aromatic rings. The molecule has 2 amide bonds. The molecule has 7 heteroatoms. The summed E-state index contributed by atoms with van der Waals surface area (Å²) in [7, 11) is 1.55. The number of methoxy groups -OCH3 is 1. The summed E-state index contributed by atoms with van der Waals surface area (Å²) in [4.78, 5) is 27.3. The largest absolute Gasteiger partial charge is 0.496 e. The van der Waals surface area contributed by atoms with Crippen molar-refractivity contribution < 1.29 is 14.3 Å². The van der Waals surface area contributed by atoms with Gasteiger partial charge in [0.25, 0.3) is 5.91 Å². The van der Waals surface area contributed by atoms with Gasteiger partial charge in [-0.05, 0) is 45.8 Å². The second kappa shape index (κ2) is 7.40. The Morgan fingerprint density at radius 3 is 2.72 bits per heavy atom. The molecule has 0 atom stereocenters. The molecule has 0 unspecified atom stereocenters. The van der Waals surface area contributed by atoms with E-state index in [4.69, 9.17) is 4.74 Å². The molecule has 0 saturated carbocycles. The van der Waals surface area contributed by atoms with Crippen LogP contribution in [0.15, 0.2) is 53.1 Å². The first-order valence-corrected chi connectivity index (χ1v) is 8.35. The van der Waals surface area contributed by atoms with E-state index >= 15 is 0 Å². The number of carbonyl (C=O) groups is 2. The van der Waals surface area contributed by atoms with Gasteiger partial charge in [-0.15, -0.1) is 0 Å². The maximum atomic E-state index is 12.1. The molecule has 1 heterocycles.